The van der Waals surface area contributed by atoms with Gasteiger partial charge in [0.2, 0.25) is 5.91 Å². The van der Waals surface area contributed by atoms with Gasteiger partial charge in [-0.2, -0.15) is 0 Å². The molecule has 0 saturated carbocycles. The Balaban J connectivity index is 1.43. The van der Waals surface area contributed by atoms with E-state index in [0.717, 1.165) is 34.6 Å². The Kier molecular flexibility index (Phi) is 7.70. The number of rotatable bonds is 10. The number of hydrogen-bond donors (Lipinski definition) is 1. The van der Waals surface area contributed by atoms with Crippen LogP contribution in [0.15, 0.2) is 72.8 Å². The maximum absolute atomic E-state index is 12.7. The van der Waals surface area contributed by atoms with Gasteiger partial charge in [0, 0.05) is 11.6 Å². The predicted molar refractivity (Wildman–Crippen MR) is 135 cm³/mol. The maximum Gasteiger partial charge on any atom is 0.224 e. The molecule has 0 aliphatic heterocycles. The molecule has 0 bridgehead atoms. The summed E-state index contributed by atoms with van der Waals surface area (Å²) in [6.45, 7) is 3.20. The minimum atomic E-state index is -0.248. The monoisotopic (exact) mass is 477 g/mol. The van der Waals surface area contributed by atoms with E-state index in [4.69, 9.17) is 26.1 Å². The molecule has 0 fully saturated rings. The number of carbonyl (C=O) groups excluding carboxylic acids is 1. The number of methoxy groups -OCH3 is 1. The molecule has 1 atom stereocenters. The molecular formula is C27H28ClN3O3. The Labute approximate surface area is 204 Å². The molecule has 6 nitrogen and oxygen atoms in total. The van der Waals surface area contributed by atoms with Crippen LogP contribution in [0.4, 0.5) is 0 Å². The summed E-state index contributed by atoms with van der Waals surface area (Å²) in [6.07, 6.45) is 1.06. The molecule has 0 saturated heterocycles. The van der Waals surface area contributed by atoms with Gasteiger partial charge in [-0.1, -0.05) is 48.0 Å². The number of nitrogens with one attached hydrogen (secondary N) is 1. The molecule has 1 amide bonds. The number of amides is 1. The zero-order valence-electron chi connectivity index (χ0n) is 19.3. The Bertz CT molecular complexity index is 1250. The fourth-order valence-electron chi connectivity index (χ4n) is 3.95. The molecule has 1 heterocycles. The predicted octanol–water partition coefficient (Wildman–Crippen LogP) is 5.59. The number of para-hydroxylation sites is 4. The molecule has 34 heavy (non-hydrogen) atoms. The van der Waals surface area contributed by atoms with Crippen molar-refractivity contribution in [1.82, 2.24) is 14.9 Å². The van der Waals surface area contributed by atoms with Crippen LogP contribution in [0.1, 0.15) is 30.8 Å². The molecular weight excluding hydrogens is 450 g/mol. The number of ether oxygens (including phenoxy) is 2. The van der Waals surface area contributed by atoms with Crippen molar-refractivity contribution in [2.75, 3.05) is 13.7 Å². The quantitative estimate of drug-likeness (QED) is 0.302. The lowest BCUT2D eigenvalue weighted by Crippen LogP contribution is -2.30. The molecule has 4 aromatic rings. The van der Waals surface area contributed by atoms with Crippen molar-refractivity contribution in [2.45, 2.75) is 32.4 Å². The number of halogens is 1. The van der Waals surface area contributed by atoms with Crippen LogP contribution in [-0.4, -0.2) is 29.2 Å². The van der Waals surface area contributed by atoms with E-state index in [0.29, 0.717) is 23.9 Å². The van der Waals surface area contributed by atoms with Gasteiger partial charge in [0.25, 0.3) is 0 Å². The highest BCUT2D eigenvalue weighted by molar-refractivity contribution is 6.30. The number of imidazole rings is 1. The third-order valence-electron chi connectivity index (χ3n) is 5.58. The molecule has 0 aliphatic rings. The summed E-state index contributed by atoms with van der Waals surface area (Å²) in [5, 5.41) is 3.74. The molecule has 3 aromatic carbocycles. The van der Waals surface area contributed by atoms with E-state index in [1.165, 1.54) is 0 Å². The van der Waals surface area contributed by atoms with E-state index >= 15 is 0 Å². The van der Waals surface area contributed by atoms with Crippen molar-refractivity contribution >= 4 is 28.5 Å². The SMILES string of the molecule is COc1ccccc1OCCCn1c(C(C)NC(=O)Cc2ccc(Cl)cc2)nc2ccccc21. The van der Waals surface area contributed by atoms with Gasteiger partial charge in [-0.3, -0.25) is 4.79 Å². The van der Waals surface area contributed by atoms with Crippen molar-refractivity contribution < 1.29 is 14.3 Å². The molecule has 4 rings (SSSR count). The van der Waals surface area contributed by atoms with E-state index in [1.807, 2.05) is 61.5 Å². The summed E-state index contributed by atoms with van der Waals surface area (Å²) in [4.78, 5) is 17.5. The van der Waals surface area contributed by atoms with Gasteiger partial charge < -0.3 is 19.4 Å². The van der Waals surface area contributed by atoms with Gasteiger partial charge in [0.1, 0.15) is 5.82 Å². The highest BCUT2D eigenvalue weighted by atomic mass is 35.5. The molecule has 0 radical (unpaired) electrons. The first-order chi connectivity index (χ1) is 16.5. The van der Waals surface area contributed by atoms with Gasteiger partial charge in [-0.25, -0.2) is 4.98 Å². The summed E-state index contributed by atoms with van der Waals surface area (Å²) in [6, 6.07) is 22.7. The minimum Gasteiger partial charge on any atom is -0.493 e. The van der Waals surface area contributed by atoms with Crippen LogP contribution in [0, 0.1) is 0 Å². The average Bonchev–Trinajstić information content (AvgIpc) is 3.22. The van der Waals surface area contributed by atoms with Crippen molar-refractivity contribution in [1.29, 1.82) is 0 Å². The smallest absolute Gasteiger partial charge is 0.224 e. The summed E-state index contributed by atoms with van der Waals surface area (Å²) in [5.41, 5.74) is 2.85. The summed E-state index contributed by atoms with van der Waals surface area (Å²) in [5.74, 6) is 2.20. The number of aromatic nitrogens is 2. The second-order valence-electron chi connectivity index (χ2n) is 8.06. The number of fused-ring (bicyclic) bond motifs is 1. The van der Waals surface area contributed by atoms with Crippen LogP contribution in [0.5, 0.6) is 11.5 Å². The fourth-order valence-corrected chi connectivity index (χ4v) is 4.07. The van der Waals surface area contributed by atoms with E-state index in [1.54, 1.807) is 19.2 Å². The van der Waals surface area contributed by atoms with Crippen molar-refractivity contribution in [2.24, 2.45) is 0 Å². The van der Waals surface area contributed by atoms with E-state index < -0.39 is 0 Å². The normalized spacial score (nSPS) is 11.9. The zero-order chi connectivity index (χ0) is 23.9. The van der Waals surface area contributed by atoms with Crippen LogP contribution < -0.4 is 14.8 Å². The highest BCUT2D eigenvalue weighted by Gasteiger charge is 2.18. The molecule has 1 aromatic heterocycles. The van der Waals surface area contributed by atoms with E-state index in [2.05, 4.69) is 16.0 Å². The summed E-state index contributed by atoms with van der Waals surface area (Å²) >= 11 is 5.94. The van der Waals surface area contributed by atoms with Crippen LogP contribution in [-0.2, 0) is 17.8 Å². The third-order valence-corrected chi connectivity index (χ3v) is 5.83. The van der Waals surface area contributed by atoms with Crippen LogP contribution in [0.2, 0.25) is 5.02 Å². The number of nitrogens with zero attached hydrogens (tertiary/aromatic N) is 2. The maximum atomic E-state index is 12.7. The van der Waals surface area contributed by atoms with E-state index in [9.17, 15) is 4.79 Å². The fraction of sp³-hybridized carbons (Fsp3) is 0.259. The largest absolute Gasteiger partial charge is 0.493 e. The standard InChI is InChI=1S/C27H28ClN3O3/c1-19(29-26(32)18-20-12-14-21(28)15-13-20)27-30-22-8-3-4-9-23(22)31(27)16-7-17-34-25-11-6-5-10-24(25)33-2/h3-6,8-15,19H,7,16-18H2,1-2H3,(H,29,32). The van der Waals surface area contributed by atoms with Gasteiger partial charge in [-0.05, 0) is 55.3 Å². The van der Waals surface area contributed by atoms with Gasteiger partial charge in [0.15, 0.2) is 11.5 Å². The molecule has 0 aliphatic carbocycles. The van der Waals surface area contributed by atoms with Gasteiger partial charge in [-0.15, -0.1) is 0 Å². The number of aryl methyl sites for hydroxylation is 1. The molecule has 7 heteroatoms. The summed E-state index contributed by atoms with van der Waals surface area (Å²) in [7, 11) is 1.63. The van der Waals surface area contributed by atoms with Gasteiger partial charge >= 0.3 is 0 Å². The molecule has 1 N–H and O–H groups in total. The van der Waals surface area contributed by atoms with Crippen LogP contribution in [0.25, 0.3) is 11.0 Å². The lowest BCUT2D eigenvalue weighted by atomic mass is 10.1. The Hall–Kier alpha value is -3.51. The average molecular weight is 478 g/mol. The van der Waals surface area contributed by atoms with Crippen molar-refractivity contribution in [3.05, 3.63) is 89.2 Å². The summed E-state index contributed by atoms with van der Waals surface area (Å²) < 4.78 is 13.5. The second-order valence-corrected chi connectivity index (χ2v) is 8.49. The first-order valence-corrected chi connectivity index (χ1v) is 11.7. The second kappa shape index (κ2) is 11.1. The van der Waals surface area contributed by atoms with Crippen molar-refractivity contribution in [3.63, 3.8) is 0 Å². The topological polar surface area (TPSA) is 65.4 Å². The Morgan fingerprint density at radius 2 is 1.74 bits per heavy atom. The lowest BCUT2D eigenvalue weighted by molar-refractivity contribution is -0.121. The first-order valence-electron chi connectivity index (χ1n) is 11.3. The molecule has 176 valence electrons. The zero-order valence-corrected chi connectivity index (χ0v) is 20.1. The van der Waals surface area contributed by atoms with Crippen molar-refractivity contribution in [3.8, 4) is 11.5 Å². The number of hydrogen-bond acceptors (Lipinski definition) is 4. The Morgan fingerprint density at radius 3 is 2.50 bits per heavy atom. The third kappa shape index (κ3) is 5.69. The number of carbonyl (C=O) groups is 1. The van der Waals surface area contributed by atoms with Crippen LogP contribution in [0.3, 0.4) is 0 Å². The lowest BCUT2D eigenvalue weighted by Gasteiger charge is -2.17. The Morgan fingerprint density at radius 1 is 1.03 bits per heavy atom. The first kappa shape index (κ1) is 23.6. The van der Waals surface area contributed by atoms with Crippen LogP contribution >= 0.6 is 11.6 Å². The van der Waals surface area contributed by atoms with E-state index in [-0.39, 0.29) is 18.4 Å². The molecule has 1 unspecified atom stereocenters. The van der Waals surface area contributed by atoms with Gasteiger partial charge in [0.05, 0.1) is 37.2 Å². The number of benzene rings is 3. The molecule has 0 spiro atoms. The minimum absolute atomic E-state index is 0.0621. The highest BCUT2D eigenvalue weighted by Crippen LogP contribution is 2.26.